The molecule has 0 radical (unpaired) electrons. The van der Waals surface area contributed by atoms with E-state index in [-0.39, 0.29) is 75.9 Å². The summed E-state index contributed by atoms with van der Waals surface area (Å²) >= 11 is 0. The second kappa shape index (κ2) is 57.9. The highest BCUT2D eigenvalue weighted by Gasteiger charge is 2.40. The lowest BCUT2D eigenvalue weighted by molar-refractivity contribution is -0.142. The van der Waals surface area contributed by atoms with Gasteiger partial charge in [-0.15, -0.1) is 0 Å². The fourth-order valence-corrected chi connectivity index (χ4v) is 11.6. The monoisotopic (exact) mass is 1680 g/mol. The van der Waals surface area contributed by atoms with Crippen LogP contribution in [-0.2, 0) is 76.7 Å². The Morgan fingerprint density at radius 2 is 0.610 bits per heavy atom. The van der Waals surface area contributed by atoms with Crippen molar-refractivity contribution in [3.63, 3.8) is 0 Å². The summed E-state index contributed by atoms with van der Waals surface area (Å²) in [4.78, 5) is 227. The number of carboxylic acids is 1. The minimum absolute atomic E-state index is 0.0123. The highest BCUT2D eigenvalue weighted by molar-refractivity contribution is 6.00. The smallest absolute Gasteiger partial charge is 0.326 e. The van der Waals surface area contributed by atoms with E-state index in [4.69, 9.17) is 40.1 Å². The molecule has 16 atom stereocenters. The average molecular weight is 1680 g/mol. The Labute approximate surface area is 691 Å². The number of carbonyl (C=O) groups excluding carboxylic acids is 15. The standard InChI is InChI=1S/C75H140N24O19/c1-15-42(12)58(70(114)92-49(32-38(4)5)65(109)93-50(36-100)62(106)86-34-52(102)88-46(26-22-30-83-74(79)80)63(107)91-48(73(117)118)25-19-21-29-77)99-72(116)59(43(13)16-2)97-64(108)47(27-23-31-84-75(81)82)89-53(103)35-87-67(111)55(39(6)7)95-71(115)60(44(14)17-3)98-69(113)57(41(10)11)96-68(112)56(40(8)9)94-66(110)51(37-101)90-54(104)33-85-61(105)45(78)24-18-20-28-76/h38-51,55-60,100-101H,15-37,76-78H2,1-14H3,(H,85,105)(H,86,106)(H,87,111)(H,88,102)(H,89,103)(H,90,104)(H,91,107)(H,92,114)(H,93,109)(H,94,110)(H,95,115)(H,96,112)(H,97,108)(H,98,113)(H,99,116)(H,117,118)(H4,79,80,83)(H4,81,82,84)/t42-,43-,44-,45-,46-,47-,48-,49-,50-,51-,55-,56-,57-,58-,59-,60-/m0/s1. The zero-order chi connectivity index (χ0) is 90.2. The highest BCUT2D eigenvalue weighted by Crippen LogP contribution is 2.18. The number of hydrogen-bond acceptors (Lipinski definition) is 23. The average Bonchev–Trinajstić information content (AvgIpc) is 0.843. The van der Waals surface area contributed by atoms with Crippen LogP contribution in [0.25, 0.3) is 0 Å². The number of carboxylic acid groups (broad SMARTS) is 1. The highest BCUT2D eigenvalue weighted by atomic mass is 16.4. The van der Waals surface area contributed by atoms with Gasteiger partial charge in [-0.25, -0.2) is 4.79 Å². The lowest BCUT2D eigenvalue weighted by Crippen LogP contribution is -2.62. The first-order valence-corrected chi connectivity index (χ1v) is 40.6. The summed E-state index contributed by atoms with van der Waals surface area (Å²) in [5.41, 5.74) is 38.9. The van der Waals surface area contributed by atoms with Crippen LogP contribution in [0.4, 0.5) is 0 Å². The zero-order valence-electron chi connectivity index (χ0n) is 71.1. The Kier molecular flexibility index (Phi) is 52.9. The second-order valence-electron chi connectivity index (χ2n) is 30.9. The van der Waals surface area contributed by atoms with Crippen molar-refractivity contribution in [3.05, 3.63) is 0 Å². The lowest BCUT2D eigenvalue weighted by Gasteiger charge is -2.31. The van der Waals surface area contributed by atoms with E-state index < -0.39 is 241 Å². The number of unbranched alkanes of at least 4 members (excludes halogenated alkanes) is 2. The van der Waals surface area contributed by atoms with Crippen LogP contribution in [0.15, 0.2) is 9.98 Å². The van der Waals surface area contributed by atoms with E-state index in [2.05, 4.69) is 89.7 Å². The summed E-state index contributed by atoms with van der Waals surface area (Å²) in [6, 6.07) is -17.7. The van der Waals surface area contributed by atoms with E-state index in [9.17, 15) is 92.0 Å². The van der Waals surface area contributed by atoms with Gasteiger partial charge in [-0.2, -0.15) is 0 Å². The number of rotatable bonds is 60. The quantitative estimate of drug-likeness (QED) is 0.0153. The van der Waals surface area contributed by atoms with Gasteiger partial charge in [0.15, 0.2) is 11.9 Å². The van der Waals surface area contributed by atoms with Crippen LogP contribution in [0.5, 0.6) is 0 Å². The Hall–Kier alpha value is -10.1. The molecule has 0 unspecified atom stereocenters. The molecule has 674 valence electrons. The number of amides is 15. The van der Waals surface area contributed by atoms with Gasteiger partial charge < -0.3 is 135 Å². The summed E-state index contributed by atoms with van der Waals surface area (Å²) in [5.74, 6) is -18.8. The predicted octanol–water partition coefficient (Wildman–Crippen LogP) is -6.93. The number of hydrogen-bond donors (Lipinski definition) is 25. The SMILES string of the molecule is CC[C@H](C)[C@H](NC(=O)[C@H](CCCN=C(N)N)NC(=O)CNC(=O)[C@@H](NC(=O)[C@@H](NC(=O)[C@@H](NC(=O)[C@@H](NC(=O)[C@H](CO)NC(=O)CNC(=O)[C@@H](N)CCCCN)C(C)C)C(C)C)[C@@H](C)CC)C(C)C)C(=O)N[C@H](C(=O)N[C@@H](CC(C)C)C(=O)N[C@@H](CO)C(=O)NCC(=O)N[C@@H](CCCN=C(N)N)C(=O)N[C@@H](CCCCN)C(=O)O)[C@@H](C)CC. The first-order chi connectivity index (χ1) is 55.4. The largest absolute Gasteiger partial charge is 0.480 e. The molecule has 0 spiro atoms. The fraction of sp³-hybridized carbons (Fsp3) is 0.760. The van der Waals surface area contributed by atoms with E-state index in [1.165, 1.54) is 0 Å². The van der Waals surface area contributed by atoms with Gasteiger partial charge in [-0.05, 0) is 119 Å². The second-order valence-corrected chi connectivity index (χ2v) is 30.9. The minimum Gasteiger partial charge on any atom is -0.480 e. The van der Waals surface area contributed by atoms with Crippen LogP contribution in [0, 0.1) is 41.4 Å². The predicted molar refractivity (Wildman–Crippen MR) is 440 cm³/mol. The first kappa shape index (κ1) is 108. The van der Waals surface area contributed by atoms with Crippen molar-refractivity contribution in [2.75, 3.05) is 59.0 Å². The van der Waals surface area contributed by atoms with Crippen LogP contribution < -0.4 is 120 Å². The summed E-state index contributed by atoms with van der Waals surface area (Å²) in [7, 11) is 0. The zero-order valence-corrected chi connectivity index (χ0v) is 71.1. The molecule has 0 saturated heterocycles. The molecule has 0 aromatic heterocycles. The molecule has 0 rings (SSSR count). The van der Waals surface area contributed by atoms with Crippen molar-refractivity contribution in [1.29, 1.82) is 0 Å². The third kappa shape index (κ3) is 41.8. The molecular weight excluding hydrogens is 1540 g/mol. The third-order valence-electron chi connectivity index (χ3n) is 19.4. The van der Waals surface area contributed by atoms with Gasteiger partial charge in [-0.1, -0.05) is 123 Å². The van der Waals surface area contributed by atoms with Crippen LogP contribution in [-0.4, -0.2) is 259 Å². The number of aliphatic imine (C=N–C) groups is 2. The van der Waals surface area contributed by atoms with Gasteiger partial charge in [0.1, 0.15) is 72.5 Å². The van der Waals surface area contributed by atoms with Crippen molar-refractivity contribution in [2.24, 2.45) is 91.5 Å². The van der Waals surface area contributed by atoms with E-state index in [1.54, 1.807) is 96.9 Å². The van der Waals surface area contributed by atoms with E-state index >= 15 is 0 Å². The third-order valence-corrected chi connectivity index (χ3v) is 19.4. The molecule has 15 amide bonds. The van der Waals surface area contributed by atoms with Crippen molar-refractivity contribution in [3.8, 4) is 0 Å². The molecule has 0 aliphatic heterocycles. The van der Waals surface area contributed by atoms with Crippen LogP contribution in [0.2, 0.25) is 0 Å². The summed E-state index contributed by atoms with van der Waals surface area (Å²) in [5, 5.41) is 68.1. The molecule has 0 aliphatic carbocycles. The molecular formula is C75H140N24O19. The molecule has 0 aromatic carbocycles. The molecule has 118 heavy (non-hydrogen) atoms. The molecule has 0 aliphatic rings. The maximum atomic E-state index is 14.6. The normalized spacial score (nSPS) is 15.3. The molecule has 32 N–H and O–H groups in total. The number of nitrogens with two attached hydrogens (primary N) is 7. The number of nitrogens with zero attached hydrogens (tertiary/aromatic N) is 2. The maximum absolute atomic E-state index is 14.6. The summed E-state index contributed by atoms with van der Waals surface area (Å²) in [6.07, 6.45) is 3.38. The molecule has 0 saturated carbocycles. The van der Waals surface area contributed by atoms with Gasteiger partial charge in [0, 0.05) is 13.1 Å². The number of nitrogens with one attached hydrogen (secondary N) is 15. The number of guanidine groups is 2. The topological polar surface area (TPSA) is 721 Å². The minimum atomic E-state index is -1.70. The van der Waals surface area contributed by atoms with Crippen molar-refractivity contribution in [2.45, 2.75) is 265 Å². The van der Waals surface area contributed by atoms with Crippen LogP contribution in [0.3, 0.4) is 0 Å². The summed E-state index contributed by atoms with van der Waals surface area (Å²) < 4.78 is 0. The first-order valence-electron chi connectivity index (χ1n) is 40.6. The van der Waals surface area contributed by atoms with E-state index in [1.807, 2.05) is 0 Å². The number of aliphatic hydroxyl groups excluding tert-OH is 2. The van der Waals surface area contributed by atoms with Gasteiger partial charge >= 0.3 is 5.97 Å². The molecule has 0 bridgehead atoms. The number of aliphatic hydroxyl groups is 2. The molecule has 43 nitrogen and oxygen atoms in total. The maximum Gasteiger partial charge on any atom is 0.326 e. The molecule has 0 fully saturated rings. The van der Waals surface area contributed by atoms with Crippen LogP contribution in [0.1, 0.15) is 187 Å². The Bertz CT molecular complexity index is 3300. The van der Waals surface area contributed by atoms with E-state index in [0.717, 1.165) is 0 Å². The van der Waals surface area contributed by atoms with Crippen molar-refractivity contribution in [1.82, 2.24) is 79.8 Å². The van der Waals surface area contributed by atoms with Crippen molar-refractivity contribution >= 4 is 106 Å². The van der Waals surface area contributed by atoms with Gasteiger partial charge in [0.25, 0.3) is 0 Å². The Morgan fingerprint density at radius 3 is 0.983 bits per heavy atom. The van der Waals surface area contributed by atoms with Crippen molar-refractivity contribution < 1.29 is 92.0 Å². The number of carbonyl (C=O) groups is 16. The molecule has 0 heterocycles. The molecule has 0 aromatic rings. The summed E-state index contributed by atoms with van der Waals surface area (Å²) in [6.45, 7) is 20.0. The van der Waals surface area contributed by atoms with Crippen LogP contribution >= 0.6 is 0 Å². The van der Waals surface area contributed by atoms with E-state index in [0.29, 0.717) is 58.0 Å². The van der Waals surface area contributed by atoms with Gasteiger partial charge in [0.05, 0.1) is 38.9 Å². The van der Waals surface area contributed by atoms with Gasteiger partial charge in [0.2, 0.25) is 88.6 Å². The molecule has 43 heteroatoms. The Morgan fingerprint density at radius 1 is 0.322 bits per heavy atom. The fourth-order valence-electron chi connectivity index (χ4n) is 11.6. The number of aliphatic carboxylic acids is 1. The van der Waals surface area contributed by atoms with Gasteiger partial charge in [-0.3, -0.25) is 81.9 Å². The Balaban J connectivity index is 6.66. The lowest BCUT2D eigenvalue weighted by atomic mass is 9.94.